The maximum Gasteiger partial charge on any atom is 0.305 e. The minimum absolute atomic E-state index is 0.0816. The monoisotopic (exact) mass is 285 g/mol. The molecule has 120 valence electrons. The molecule has 0 spiro atoms. The van der Waals surface area contributed by atoms with Crippen LogP contribution in [-0.4, -0.2) is 37.6 Å². The fourth-order valence-corrected chi connectivity index (χ4v) is 2.41. The molecule has 0 N–H and O–H groups in total. The molecule has 0 saturated carbocycles. The Hall–Kier alpha value is -0.570. The third-order valence-electron chi connectivity index (χ3n) is 3.74. The summed E-state index contributed by atoms with van der Waals surface area (Å²) in [6.07, 6.45) is 12.0. The van der Waals surface area contributed by atoms with Crippen LogP contribution in [0.5, 0.6) is 0 Å². The Bertz CT molecular complexity index is 207. The van der Waals surface area contributed by atoms with Crippen LogP contribution in [-0.2, 0) is 9.53 Å². The Morgan fingerprint density at radius 2 is 1.30 bits per heavy atom. The molecule has 0 aromatic heterocycles. The van der Waals surface area contributed by atoms with Crippen LogP contribution in [0.4, 0.5) is 0 Å². The van der Waals surface area contributed by atoms with Crippen molar-refractivity contribution in [3.05, 3.63) is 0 Å². The van der Waals surface area contributed by atoms with Crippen molar-refractivity contribution in [1.82, 2.24) is 4.90 Å². The van der Waals surface area contributed by atoms with E-state index in [2.05, 4.69) is 18.7 Å². The third-order valence-corrected chi connectivity index (χ3v) is 3.74. The van der Waals surface area contributed by atoms with E-state index in [4.69, 9.17) is 4.74 Å². The zero-order valence-electron chi connectivity index (χ0n) is 14.0. The number of hydrogen-bond acceptors (Lipinski definition) is 3. The molecular formula is C17H35NO2. The topological polar surface area (TPSA) is 29.5 Å². The summed E-state index contributed by atoms with van der Waals surface area (Å²) < 4.78 is 4.70. The highest BCUT2D eigenvalue weighted by atomic mass is 16.5. The van der Waals surface area contributed by atoms with Gasteiger partial charge >= 0.3 is 5.97 Å². The number of rotatable bonds is 14. The SMILES string of the molecule is CCCCCCN(CCCCCC)CCCC(=O)OC. The first-order chi connectivity index (χ1) is 9.74. The van der Waals surface area contributed by atoms with Gasteiger partial charge in [-0.25, -0.2) is 0 Å². The number of carbonyl (C=O) groups excluding carboxylic acids is 1. The van der Waals surface area contributed by atoms with Crippen LogP contribution < -0.4 is 0 Å². The summed E-state index contributed by atoms with van der Waals surface area (Å²) >= 11 is 0. The molecule has 0 bridgehead atoms. The second-order valence-electron chi connectivity index (χ2n) is 5.64. The Labute approximate surface area is 126 Å². The molecule has 0 aliphatic heterocycles. The average molecular weight is 285 g/mol. The first kappa shape index (κ1) is 19.4. The van der Waals surface area contributed by atoms with E-state index in [0.29, 0.717) is 6.42 Å². The average Bonchev–Trinajstić information content (AvgIpc) is 2.47. The van der Waals surface area contributed by atoms with Crippen LogP contribution in [0, 0.1) is 0 Å². The van der Waals surface area contributed by atoms with E-state index in [9.17, 15) is 4.79 Å². The Morgan fingerprint density at radius 3 is 1.75 bits per heavy atom. The Balaban J connectivity index is 3.81. The molecule has 0 atom stereocenters. The van der Waals surface area contributed by atoms with Gasteiger partial charge in [0.1, 0.15) is 0 Å². The van der Waals surface area contributed by atoms with Crippen molar-refractivity contribution in [2.24, 2.45) is 0 Å². The molecular weight excluding hydrogens is 250 g/mol. The number of nitrogens with zero attached hydrogens (tertiary/aromatic N) is 1. The van der Waals surface area contributed by atoms with Crippen molar-refractivity contribution in [3.63, 3.8) is 0 Å². The molecule has 0 unspecified atom stereocenters. The van der Waals surface area contributed by atoms with Crippen LogP contribution in [0.1, 0.15) is 78.1 Å². The summed E-state index contributed by atoms with van der Waals surface area (Å²) in [7, 11) is 1.47. The normalized spacial score (nSPS) is 11.0. The number of hydrogen-bond donors (Lipinski definition) is 0. The molecule has 0 heterocycles. The second-order valence-corrected chi connectivity index (χ2v) is 5.64. The minimum atomic E-state index is -0.0816. The van der Waals surface area contributed by atoms with Gasteiger partial charge in [-0.3, -0.25) is 4.79 Å². The highest BCUT2D eigenvalue weighted by Crippen LogP contribution is 2.07. The van der Waals surface area contributed by atoms with Crippen LogP contribution in [0.2, 0.25) is 0 Å². The van der Waals surface area contributed by atoms with E-state index in [-0.39, 0.29) is 5.97 Å². The van der Waals surface area contributed by atoms with E-state index < -0.39 is 0 Å². The van der Waals surface area contributed by atoms with Crippen LogP contribution in [0.15, 0.2) is 0 Å². The minimum Gasteiger partial charge on any atom is -0.469 e. The number of esters is 1. The van der Waals surface area contributed by atoms with Gasteiger partial charge in [0, 0.05) is 6.42 Å². The van der Waals surface area contributed by atoms with E-state index in [0.717, 1.165) is 13.0 Å². The molecule has 0 saturated heterocycles. The molecule has 0 fully saturated rings. The maximum absolute atomic E-state index is 11.2. The third kappa shape index (κ3) is 12.5. The molecule has 0 radical (unpaired) electrons. The molecule has 0 aliphatic rings. The highest BCUT2D eigenvalue weighted by molar-refractivity contribution is 5.69. The molecule has 0 aliphatic carbocycles. The van der Waals surface area contributed by atoms with Crippen molar-refractivity contribution in [1.29, 1.82) is 0 Å². The zero-order chi connectivity index (χ0) is 15.1. The lowest BCUT2D eigenvalue weighted by molar-refractivity contribution is -0.140. The predicted octanol–water partition coefficient (Wildman–Crippen LogP) is 4.40. The standard InChI is InChI=1S/C17H35NO2/c1-4-6-8-10-14-18(15-11-9-7-5-2)16-12-13-17(19)20-3/h4-16H2,1-3H3. The Morgan fingerprint density at radius 1 is 0.800 bits per heavy atom. The number of methoxy groups -OCH3 is 1. The molecule has 3 nitrogen and oxygen atoms in total. The lowest BCUT2D eigenvalue weighted by atomic mass is 10.1. The summed E-state index contributed by atoms with van der Waals surface area (Å²) in [6, 6.07) is 0. The second kappa shape index (κ2) is 14.8. The van der Waals surface area contributed by atoms with Gasteiger partial charge in [-0.05, 0) is 38.9 Å². The molecule has 0 aromatic rings. The van der Waals surface area contributed by atoms with Gasteiger partial charge < -0.3 is 9.64 Å². The number of ether oxygens (including phenoxy) is 1. The molecule has 0 rings (SSSR count). The Kier molecular flexibility index (Phi) is 14.4. The van der Waals surface area contributed by atoms with E-state index in [1.807, 2.05) is 0 Å². The van der Waals surface area contributed by atoms with Crippen molar-refractivity contribution in [2.75, 3.05) is 26.7 Å². The fourth-order valence-electron chi connectivity index (χ4n) is 2.41. The number of carbonyl (C=O) groups is 1. The van der Waals surface area contributed by atoms with Gasteiger partial charge in [-0.1, -0.05) is 52.4 Å². The summed E-state index contributed by atoms with van der Waals surface area (Å²) in [5.41, 5.74) is 0. The van der Waals surface area contributed by atoms with Gasteiger partial charge in [0.2, 0.25) is 0 Å². The lowest BCUT2D eigenvalue weighted by Gasteiger charge is -2.22. The lowest BCUT2D eigenvalue weighted by Crippen LogP contribution is -2.27. The van der Waals surface area contributed by atoms with Gasteiger partial charge in [0.25, 0.3) is 0 Å². The maximum atomic E-state index is 11.2. The van der Waals surface area contributed by atoms with Gasteiger partial charge in [0.15, 0.2) is 0 Å². The predicted molar refractivity (Wildman–Crippen MR) is 86.0 cm³/mol. The van der Waals surface area contributed by atoms with Gasteiger partial charge in [-0.15, -0.1) is 0 Å². The quantitative estimate of drug-likeness (QED) is 0.350. The number of unbranched alkanes of at least 4 members (excludes halogenated alkanes) is 6. The smallest absolute Gasteiger partial charge is 0.305 e. The van der Waals surface area contributed by atoms with Crippen molar-refractivity contribution >= 4 is 5.97 Å². The van der Waals surface area contributed by atoms with Crippen LogP contribution in [0.25, 0.3) is 0 Å². The van der Waals surface area contributed by atoms with E-state index in [1.165, 1.54) is 71.6 Å². The first-order valence-electron chi connectivity index (χ1n) is 8.53. The molecule has 3 heteroatoms. The van der Waals surface area contributed by atoms with Crippen molar-refractivity contribution in [2.45, 2.75) is 78.1 Å². The van der Waals surface area contributed by atoms with Crippen molar-refractivity contribution < 1.29 is 9.53 Å². The van der Waals surface area contributed by atoms with Gasteiger partial charge in [0.05, 0.1) is 7.11 Å². The molecule has 0 aromatic carbocycles. The summed E-state index contributed by atoms with van der Waals surface area (Å²) in [5.74, 6) is -0.0816. The zero-order valence-corrected chi connectivity index (χ0v) is 14.0. The largest absolute Gasteiger partial charge is 0.469 e. The molecule has 20 heavy (non-hydrogen) atoms. The van der Waals surface area contributed by atoms with Crippen LogP contribution in [0.3, 0.4) is 0 Å². The van der Waals surface area contributed by atoms with E-state index in [1.54, 1.807) is 0 Å². The highest BCUT2D eigenvalue weighted by Gasteiger charge is 2.06. The van der Waals surface area contributed by atoms with Crippen molar-refractivity contribution in [3.8, 4) is 0 Å². The first-order valence-corrected chi connectivity index (χ1v) is 8.53. The van der Waals surface area contributed by atoms with Crippen LogP contribution >= 0.6 is 0 Å². The summed E-state index contributed by atoms with van der Waals surface area (Å²) in [6.45, 7) is 7.91. The molecule has 0 amide bonds. The summed E-state index contributed by atoms with van der Waals surface area (Å²) in [4.78, 5) is 13.7. The fraction of sp³-hybridized carbons (Fsp3) is 0.941. The van der Waals surface area contributed by atoms with Gasteiger partial charge in [-0.2, -0.15) is 0 Å². The van der Waals surface area contributed by atoms with E-state index >= 15 is 0 Å². The summed E-state index contributed by atoms with van der Waals surface area (Å²) in [5, 5.41) is 0.